The Morgan fingerprint density at radius 2 is 2.10 bits per heavy atom. The minimum Gasteiger partial charge on any atom is -0.481 e. The standard InChI is InChI=1S/C11H15N3O6S/c1-7(11(15)16)6-13-9-4-3-8(21(19,20)12-2)5-10(9)14(17)18/h3-5,7,12-13H,6H2,1-2H3,(H,15,16). The first-order valence-corrected chi connectivity index (χ1v) is 7.36. The van der Waals surface area contributed by atoms with Gasteiger partial charge in [-0.05, 0) is 19.2 Å². The van der Waals surface area contributed by atoms with Gasteiger partial charge in [-0.3, -0.25) is 14.9 Å². The highest BCUT2D eigenvalue weighted by molar-refractivity contribution is 7.89. The van der Waals surface area contributed by atoms with Crippen LogP contribution in [-0.4, -0.2) is 38.0 Å². The molecule has 0 bridgehead atoms. The first kappa shape index (κ1) is 16.9. The number of carboxylic acids is 1. The fourth-order valence-corrected chi connectivity index (χ4v) is 2.20. The highest BCUT2D eigenvalue weighted by Crippen LogP contribution is 2.27. The molecule has 0 saturated carbocycles. The van der Waals surface area contributed by atoms with Gasteiger partial charge >= 0.3 is 5.97 Å². The Hall–Kier alpha value is -2.20. The molecule has 0 heterocycles. The third kappa shape index (κ3) is 4.13. The maximum absolute atomic E-state index is 11.6. The summed E-state index contributed by atoms with van der Waals surface area (Å²) in [4.78, 5) is 20.7. The first-order valence-electron chi connectivity index (χ1n) is 5.87. The van der Waals surface area contributed by atoms with Gasteiger partial charge < -0.3 is 10.4 Å². The number of nitro groups is 1. The van der Waals surface area contributed by atoms with Crippen molar-refractivity contribution in [2.24, 2.45) is 5.92 Å². The summed E-state index contributed by atoms with van der Waals surface area (Å²) >= 11 is 0. The highest BCUT2D eigenvalue weighted by Gasteiger charge is 2.21. The Bertz CT molecular complexity index is 658. The van der Waals surface area contributed by atoms with E-state index in [0.717, 1.165) is 6.07 Å². The van der Waals surface area contributed by atoms with Gasteiger partial charge in [0, 0.05) is 12.6 Å². The zero-order valence-corrected chi connectivity index (χ0v) is 12.2. The van der Waals surface area contributed by atoms with E-state index >= 15 is 0 Å². The summed E-state index contributed by atoms with van der Waals surface area (Å²) in [5.74, 6) is -1.79. The smallest absolute Gasteiger partial charge is 0.308 e. The zero-order valence-electron chi connectivity index (χ0n) is 11.4. The maximum atomic E-state index is 11.6. The number of hydrogen-bond donors (Lipinski definition) is 3. The molecule has 1 aromatic rings. The van der Waals surface area contributed by atoms with Crippen molar-refractivity contribution in [3.05, 3.63) is 28.3 Å². The molecule has 116 valence electrons. The van der Waals surface area contributed by atoms with Gasteiger partial charge in [0.15, 0.2) is 0 Å². The number of carboxylic acid groups (broad SMARTS) is 1. The number of sulfonamides is 1. The van der Waals surface area contributed by atoms with Crippen LogP contribution in [0.5, 0.6) is 0 Å². The molecule has 0 fully saturated rings. The number of hydrogen-bond acceptors (Lipinski definition) is 6. The van der Waals surface area contributed by atoms with E-state index in [0.29, 0.717) is 0 Å². The molecule has 21 heavy (non-hydrogen) atoms. The average Bonchev–Trinajstić information content (AvgIpc) is 2.44. The van der Waals surface area contributed by atoms with Crippen LogP contribution in [0.25, 0.3) is 0 Å². The second-order valence-corrected chi connectivity index (χ2v) is 6.15. The maximum Gasteiger partial charge on any atom is 0.308 e. The Kier molecular flexibility index (Phi) is 5.22. The Balaban J connectivity index is 3.12. The fraction of sp³-hybridized carbons (Fsp3) is 0.364. The lowest BCUT2D eigenvalue weighted by atomic mass is 10.2. The summed E-state index contributed by atoms with van der Waals surface area (Å²) in [5.41, 5.74) is -0.382. The number of aliphatic carboxylic acids is 1. The largest absolute Gasteiger partial charge is 0.481 e. The second-order valence-electron chi connectivity index (χ2n) is 4.26. The van der Waals surface area contributed by atoms with E-state index in [1.807, 2.05) is 0 Å². The van der Waals surface area contributed by atoms with Gasteiger partial charge in [0.05, 0.1) is 15.7 Å². The van der Waals surface area contributed by atoms with Gasteiger partial charge in [-0.25, -0.2) is 13.1 Å². The van der Waals surface area contributed by atoms with E-state index in [9.17, 15) is 23.3 Å². The second kappa shape index (κ2) is 6.50. The molecule has 1 aromatic carbocycles. The minimum absolute atomic E-state index is 0.0195. The fourth-order valence-electron chi connectivity index (χ4n) is 1.45. The van der Waals surface area contributed by atoms with E-state index in [1.165, 1.54) is 26.1 Å². The summed E-state index contributed by atoms with van der Waals surface area (Å²) in [7, 11) is -2.60. The number of nitro benzene ring substituents is 1. The van der Waals surface area contributed by atoms with Crippen molar-refractivity contribution in [2.75, 3.05) is 18.9 Å². The van der Waals surface area contributed by atoms with Crippen LogP contribution in [0.3, 0.4) is 0 Å². The van der Waals surface area contributed by atoms with Gasteiger partial charge in [0.2, 0.25) is 10.0 Å². The van der Waals surface area contributed by atoms with Crippen molar-refractivity contribution in [3.8, 4) is 0 Å². The lowest BCUT2D eigenvalue weighted by molar-refractivity contribution is -0.384. The molecule has 10 heteroatoms. The van der Waals surface area contributed by atoms with E-state index in [1.54, 1.807) is 0 Å². The van der Waals surface area contributed by atoms with E-state index in [2.05, 4.69) is 10.0 Å². The van der Waals surface area contributed by atoms with E-state index < -0.39 is 32.5 Å². The number of benzene rings is 1. The molecule has 9 nitrogen and oxygen atoms in total. The number of anilines is 1. The lowest BCUT2D eigenvalue weighted by Gasteiger charge is -2.11. The predicted molar refractivity (Wildman–Crippen MR) is 74.6 cm³/mol. The summed E-state index contributed by atoms with van der Waals surface area (Å²) in [5, 5.41) is 22.4. The molecular weight excluding hydrogens is 302 g/mol. The third-order valence-corrected chi connectivity index (χ3v) is 4.18. The molecule has 0 aliphatic rings. The minimum atomic E-state index is -3.79. The quantitative estimate of drug-likeness (QED) is 0.495. The van der Waals surface area contributed by atoms with Crippen LogP contribution < -0.4 is 10.0 Å². The molecule has 0 radical (unpaired) electrons. The summed E-state index contributed by atoms with van der Waals surface area (Å²) < 4.78 is 25.3. The summed E-state index contributed by atoms with van der Waals surface area (Å²) in [6.45, 7) is 1.43. The van der Waals surface area contributed by atoms with Crippen molar-refractivity contribution >= 4 is 27.4 Å². The highest BCUT2D eigenvalue weighted by atomic mass is 32.2. The van der Waals surface area contributed by atoms with Crippen LogP contribution in [0, 0.1) is 16.0 Å². The topological polar surface area (TPSA) is 139 Å². The van der Waals surface area contributed by atoms with E-state index in [4.69, 9.17) is 5.11 Å². The molecule has 1 unspecified atom stereocenters. The summed E-state index contributed by atoms with van der Waals surface area (Å²) in [6, 6.07) is 3.35. The number of nitrogens with zero attached hydrogens (tertiary/aromatic N) is 1. The molecule has 0 aliphatic heterocycles. The van der Waals surface area contributed by atoms with Gasteiger partial charge in [-0.15, -0.1) is 0 Å². The molecule has 0 amide bonds. The van der Waals surface area contributed by atoms with Gasteiger partial charge in [0.1, 0.15) is 5.69 Å². The van der Waals surface area contributed by atoms with E-state index in [-0.39, 0.29) is 17.1 Å². The normalized spacial score (nSPS) is 12.7. The third-order valence-electron chi connectivity index (χ3n) is 2.77. The van der Waals surface area contributed by atoms with Crippen molar-refractivity contribution in [1.29, 1.82) is 0 Å². The number of carbonyl (C=O) groups is 1. The van der Waals surface area contributed by atoms with Crippen LogP contribution in [0.15, 0.2) is 23.1 Å². The molecule has 0 aromatic heterocycles. The number of rotatable bonds is 7. The van der Waals surface area contributed by atoms with Gasteiger partial charge in [0.25, 0.3) is 5.69 Å². The molecule has 1 atom stereocenters. The molecule has 0 aliphatic carbocycles. The lowest BCUT2D eigenvalue weighted by Crippen LogP contribution is -2.21. The molecule has 1 rings (SSSR count). The van der Waals surface area contributed by atoms with Crippen LogP contribution >= 0.6 is 0 Å². The van der Waals surface area contributed by atoms with Crippen LogP contribution in [0.1, 0.15) is 6.92 Å². The molecule has 0 saturated heterocycles. The van der Waals surface area contributed by atoms with Crippen LogP contribution in [0.2, 0.25) is 0 Å². The Morgan fingerprint density at radius 1 is 1.48 bits per heavy atom. The van der Waals surface area contributed by atoms with Gasteiger partial charge in [-0.1, -0.05) is 6.92 Å². The Morgan fingerprint density at radius 3 is 2.57 bits per heavy atom. The predicted octanol–water partition coefficient (Wildman–Crippen LogP) is 0.635. The van der Waals surface area contributed by atoms with Crippen molar-refractivity contribution < 1.29 is 23.2 Å². The molecule has 3 N–H and O–H groups in total. The number of nitrogens with one attached hydrogen (secondary N) is 2. The molecular formula is C11H15N3O6S. The van der Waals surface area contributed by atoms with Crippen LogP contribution in [0.4, 0.5) is 11.4 Å². The van der Waals surface area contributed by atoms with Crippen molar-refractivity contribution in [2.45, 2.75) is 11.8 Å². The van der Waals surface area contributed by atoms with Crippen molar-refractivity contribution in [1.82, 2.24) is 4.72 Å². The van der Waals surface area contributed by atoms with Crippen molar-refractivity contribution in [3.63, 3.8) is 0 Å². The Labute approximate surface area is 121 Å². The van der Waals surface area contributed by atoms with Crippen LogP contribution in [-0.2, 0) is 14.8 Å². The van der Waals surface area contributed by atoms with Gasteiger partial charge in [-0.2, -0.15) is 0 Å². The summed E-state index contributed by atoms with van der Waals surface area (Å²) in [6.07, 6.45) is 0. The average molecular weight is 317 g/mol. The monoisotopic (exact) mass is 317 g/mol. The first-order chi connectivity index (χ1) is 9.69. The molecule has 0 spiro atoms. The zero-order chi connectivity index (χ0) is 16.2. The SMILES string of the molecule is CNS(=O)(=O)c1ccc(NCC(C)C(=O)O)c([N+](=O)[O-])c1.